The number of ether oxygens (including phenoxy) is 2. The zero-order chi connectivity index (χ0) is 14.1. The summed E-state index contributed by atoms with van der Waals surface area (Å²) in [6, 6.07) is 7.90. The molecular weight excluding hydrogens is 244 g/mol. The van der Waals surface area contributed by atoms with E-state index in [2.05, 4.69) is 10.6 Å². The number of rotatable bonds is 8. The van der Waals surface area contributed by atoms with E-state index < -0.39 is 0 Å². The van der Waals surface area contributed by atoms with E-state index in [1.807, 2.05) is 31.2 Å². The van der Waals surface area contributed by atoms with Gasteiger partial charge >= 0.3 is 0 Å². The van der Waals surface area contributed by atoms with Crippen molar-refractivity contribution < 1.29 is 14.3 Å². The highest BCUT2D eigenvalue weighted by molar-refractivity contribution is 5.78. The lowest BCUT2D eigenvalue weighted by Crippen LogP contribution is -2.36. The lowest BCUT2D eigenvalue weighted by molar-refractivity contribution is -0.120. The van der Waals surface area contributed by atoms with Crippen LogP contribution in [0.15, 0.2) is 24.3 Å². The van der Waals surface area contributed by atoms with Crippen molar-refractivity contribution >= 4 is 5.91 Å². The molecule has 0 radical (unpaired) electrons. The maximum atomic E-state index is 11.5. The molecule has 0 spiro atoms. The fourth-order valence-corrected chi connectivity index (χ4v) is 1.61. The molecule has 2 N–H and O–H groups in total. The number of methoxy groups -OCH3 is 2. The van der Waals surface area contributed by atoms with Crippen LogP contribution in [-0.4, -0.2) is 39.8 Å². The normalized spacial score (nSPS) is 11.9. The monoisotopic (exact) mass is 266 g/mol. The molecule has 0 saturated heterocycles. The van der Waals surface area contributed by atoms with Gasteiger partial charge in [-0.1, -0.05) is 12.1 Å². The minimum atomic E-state index is -0.0302. The van der Waals surface area contributed by atoms with Gasteiger partial charge in [0.15, 0.2) is 0 Å². The third-order valence-corrected chi connectivity index (χ3v) is 2.81. The van der Waals surface area contributed by atoms with Gasteiger partial charge < -0.3 is 20.1 Å². The van der Waals surface area contributed by atoms with Crippen molar-refractivity contribution in [3.05, 3.63) is 29.8 Å². The minimum absolute atomic E-state index is 0.0302. The predicted molar refractivity (Wildman–Crippen MR) is 74.3 cm³/mol. The highest BCUT2D eigenvalue weighted by Gasteiger charge is 2.07. The summed E-state index contributed by atoms with van der Waals surface area (Å²) >= 11 is 0. The smallest absolute Gasteiger partial charge is 0.234 e. The van der Waals surface area contributed by atoms with Gasteiger partial charge in [0, 0.05) is 19.7 Å². The zero-order valence-electron chi connectivity index (χ0n) is 11.7. The van der Waals surface area contributed by atoms with Crippen molar-refractivity contribution in [2.45, 2.75) is 13.0 Å². The Hall–Kier alpha value is -1.59. The maximum Gasteiger partial charge on any atom is 0.234 e. The molecule has 1 rings (SSSR count). The van der Waals surface area contributed by atoms with Crippen LogP contribution in [0.25, 0.3) is 0 Å². The Morgan fingerprint density at radius 1 is 1.26 bits per heavy atom. The van der Waals surface area contributed by atoms with Crippen molar-refractivity contribution in [3.63, 3.8) is 0 Å². The van der Waals surface area contributed by atoms with E-state index in [4.69, 9.17) is 9.47 Å². The molecule has 1 atom stereocenters. The number of carbonyl (C=O) groups excluding carboxylic acids is 1. The standard InChI is InChI=1S/C14H22N2O3/c1-11(12-4-6-13(19-3)7-5-12)16-10-14(17)15-8-9-18-2/h4-7,11,16H,8-10H2,1-3H3,(H,15,17). The van der Waals surface area contributed by atoms with Gasteiger partial charge in [-0.2, -0.15) is 0 Å². The number of benzene rings is 1. The van der Waals surface area contributed by atoms with Crippen molar-refractivity contribution in [1.29, 1.82) is 0 Å². The molecule has 0 aliphatic heterocycles. The molecular formula is C14H22N2O3. The van der Waals surface area contributed by atoms with Gasteiger partial charge in [-0.3, -0.25) is 4.79 Å². The summed E-state index contributed by atoms with van der Waals surface area (Å²) in [6.07, 6.45) is 0. The average Bonchev–Trinajstić information content (AvgIpc) is 2.45. The Morgan fingerprint density at radius 3 is 2.53 bits per heavy atom. The number of carbonyl (C=O) groups is 1. The molecule has 0 heterocycles. The van der Waals surface area contributed by atoms with E-state index in [1.165, 1.54) is 0 Å². The summed E-state index contributed by atoms with van der Waals surface area (Å²) in [5.41, 5.74) is 1.12. The van der Waals surface area contributed by atoms with E-state index in [0.29, 0.717) is 13.2 Å². The lowest BCUT2D eigenvalue weighted by Gasteiger charge is -2.14. The van der Waals surface area contributed by atoms with Crippen molar-refractivity contribution in [2.24, 2.45) is 0 Å². The molecule has 19 heavy (non-hydrogen) atoms. The van der Waals surface area contributed by atoms with Crippen LogP contribution in [0.1, 0.15) is 18.5 Å². The van der Waals surface area contributed by atoms with E-state index in [1.54, 1.807) is 14.2 Å². The van der Waals surface area contributed by atoms with Gasteiger partial charge in [0.05, 0.1) is 20.3 Å². The molecule has 106 valence electrons. The SMILES string of the molecule is COCCNC(=O)CNC(C)c1ccc(OC)cc1. The van der Waals surface area contributed by atoms with E-state index in [0.717, 1.165) is 11.3 Å². The summed E-state index contributed by atoms with van der Waals surface area (Å²) in [5, 5.41) is 5.93. The van der Waals surface area contributed by atoms with E-state index in [-0.39, 0.29) is 18.5 Å². The first-order valence-corrected chi connectivity index (χ1v) is 6.30. The molecule has 0 fully saturated rings. The molecule has 0 aromatic heterocycles. The Balaban J connectivity index is 2.33. The highest BCUT2D eigenvalue weighted by Crippen LogP contribution is 2.16. The Bertz CT molecular complexity index is 379. The molecule has 0 aliphatic rings. The first-order valence-electron chi connectivity index (χ1n) is 6.30. The van der Waals surface area contributed by atoms with Crippen molar-refractivity contribution in [3.8, 4) is 5.75 Å². The largest absolute Gasteiger partial charge is 0.497 e. The second kappa shape index (κ2) is 8.50. The summed E-state index contributed by atoms with van der Waals surface area (Å²) in [4.78, 5) is 11.5. The summed E-state index contributed by atoms with van der Waals surface area (Å²) in [5.74, 6) is 0.797. The van der Waals surface area contributed by atoms with Crippen molar-refractivity contribution in [1.82, 2.24) is 10.6 Å². The Kier molecular flexibility index (Phi) is 6.92. The molecule has 0 aliphatic carbocycles. The number of nitrogens with one attached hydrogen (secondary N) is 2. The van der Waals surface area contributed by atoms with Gasteiger partial charge in [0.25, 0.3) is 0 Å². The molecule has 1 aromatic carbocycles. The molecule has 1 amide bonds. The van der Waals surface area contributed by atoms with Crippen LogP contribution in [0.2, 0.25) is 0 Å². The third-order valence-electron chi connectivity index (χ3n) is 2.81. The minimum Gasteiger partial charge on any atom is -0.497 e. The zero-order valence-corrected chi connectivity index (χ0v) is 11.7. The van der Waals surface area contributed by atoms with Crippen LogP contribution in [-0.2, 0) is 9.53 Å². The van der Waals surface area contributed by atoms with Gasteiger partial charge in [-0.25, -0.2) is 0 Å². The van der Waals surface area contributed by atoms with Gasteiger partial charge in [0.1, 0.15) is 5.75 Å². The van der Waals surface area contributed by atoms with Gasteiger partial charge in [-0.15, -0.1) is 0 Å². The van der Waals surface area contributed by atoms with Gasteiger partial charge in [0.2, 0.25) is 5.91 Å². The maximum absolute atomic E-state index is 11.5. The number of hydrogen-bond donors (Lipinski definition) is 2. The summed E-state index contributed by atoms with van der Waals surface area (Å²) < 4.78 is 9.97. The molecule has 0 saturated carbocycles. The van der Waals surface area contributed by atoms with Crippen molar-refractivity contribution in [2.75, 3.05) is 33.9 Å². The second-order valence-electron chi connectivity index (χ2n) is 4.22. The first-order chi connectivity index (χ1) is 9.17. The van der Waals surface area contributed by atoms with E-state index in [9.17, 15) is 4.79 Å². The molecule has 5 nitrogen and oxygen atoms in total. The quantitative estimate of drug-likeness (QED) is 0.692. The Morgan fingerprint density at radius 2 is 1.95 bits per heavy atom. The lowest BCUT2D eigenvalue weighted by atomic mass is 10.1. The van der Waals surface area contributed by atoms with Gasteiger partial charge in [-0.05, 0) is 24.6 Å². The molecule has 1 aromatic rings. The first kappa shape index (κ1) is 15.5. The molecule has 1 unspecified atom stereocenters. The van der Waals surface area contributed by atoms with Crippen LogP contribution in [0, 0.1) is 0 Å². The van der Waals surface area contributed by atoms with Crippen LogP contribution in [0.3, 0.4) is 0 Å². The number of hydrogen-bond acceptors (Lipinski definition) is 4. The summed E-state index contributed by atoms with van der Waals surface area (Å²) in [6.45, 7) is 3.37. The van der Waals surface area contributed by atoms with E-state index >= 15 is 0 Å². The topological polar surface area (TPSA) is 59.6 Å². The Labute approximate surface area is 114 Å². The predicted octanol–water partition coefficient (Wildman–Crippen LogP) is 1.11. The van der Waals surface area contributed by atoms with Crippen LogP contribution in [0.5, 0.6) is 5.75 Å². The van der Waals surface area contributed by atoms with Crippen LogP contribution >= 0.6 is 0 Å². The van der Waals surface area contributed by atoms with Crippen LogP contribution in [0.4, 0.5) is 0 Å². The highest BCUT2D eigenvalue weighted by atomic mass is 16.5. The summed E-state index contributed by atoms with van der Waals surface area (Å²) in [7, 11) is 3.25. The fourth-order valence-electron chi connectivity index (χ4n) is 1.61. The second-order valence-corrected chi connectivity index (χ2v) is 4.22. The fraction of sp³-hybridized carbons (Fsp3) is 0.500. The number of amides is 1. The molecule has 0 bridgehead atoms. The average molecular weight is 266 g/mol. The molecule has 5 heteroatoms. The third kappa shape index (κ3) is 5.72. The van der Waals surface area contributed by atoms with Crippen LogP contribution < -0.4 is 15.4 Å².